The van der Waals surface area contributed by atoms with E-state index in [9.17, 15) is 4.79 Å². The van der Waals surface area contributed by atoms with E-state index in [1.165, 1.54) is 0 Å². The molecule has 1 rings (SSSR count). The molecule has 0 radical (unpaired) electrons. The standard InChI is InChI=1S/C6H12N2OS/c1-2-10-3-5-6(9)8-4-7-5/h5,7H,2-4H2,1H3,(H,8,9)/t5-/m0/s1. The highest BCUT2D eigenvalue weighted by Crippen LogP contribution is 2.03. The molecule has 10 heavy (non-hydrogen) atoms. The van der Waals surface area contributed by atoms with Gasteiger partial charge in [-0.3, -0.25) is 10.1 Å². The van der Waals surface area contributed by atoms with Crippen molar-refractivity contribution in [3.63, 3.8) is 0 Å². The summed E-state index contributed by atoms with van der Waals surface area (Å²) in [5.41, 5.74) is 0. The quantitative estimate of drug-likeness (QED) is 0.600. The summed E-state index contributed by atoms with van der Waals surface area (Å²) in [4.78, 5) is 10.9. The maximum Gasteiger partial charge on any atom is 0.239 e. The van der Waals surface area contributed by atoms with Crippen molar-refractivity contribution in [2.75, 3.05) is 18.2 Å². The zero-order valence-electron chi connectivity index (χ0n) is 6.02. The number of hydrogen-bond donors (Lipinski definition) is 2. The molecule has 3 nitrogen and oxygen atoms in total. The molecule has 1 amide bonds. The zero-order valence-corrected chi connectivity index (χ0v) is 6.83. The Balaban J connectivity index is 2.20. The smallest absolute Gasteiger partial charge is 0.239 e. The van der Waals surface area contributed by atoms with Gasteiger partial charge in [0.15, 0.2) is 0 Å². The summed E-state index contributed by atoms with van der Waals surface area (Å²) in [7, 11) is 0. The average Bonchev–Trinajstić information content (AvgIpc) is 2.31. The van der Waals surface area contributed by atoms with Crippen LogP contribution in [0.1, 0.15) is 6.92 Å². The van der Waals surface area contributed by atoms with E-state index in [0.29, 0.717) is 6.67 Å². The van der Waals surface area contributed by atoms with Crippen molar-refractivity contribution in [1.82, 2.24) is 10.6 Å². The summed E-state index contributed by atoms with van der Waals surface area (Å²) in [5.74, 6) is 2.11. The number of hydrogen-bond acceptors (Lipinski definition) is 3. The molecule has 1 saturated heterocycles. The van der Waals surface area contributed by atoms with Crippen molar-refractivity contribution in [2.24, 2.45) is 0 Å². The van der Waals surface area contributed by atoms with Crippen LogP contribution in [0.2, 0.25) is 0 Å². The molecule has 0 aromatic carbocycles. The first-order valence-electron chi connectivity index (χ1n) is 3.43. The Labute approximate surface area is 64.9 Å². The van der Waals surface area contributed by atoms with Crippen LogP contribution in [0.3, 0.4) is 0 Å². The number of nitrogens with one attached hydrogen (secondary N) is 2. The Hall–Kier alpha value is -0.220. The van der Waals surface area contributed by atoms with Crippen molar-refractivity contribution >= 4 is 17.7 Å². The van der Waals surface area contributed by atoms with E-state index in [1.807, 2.05) is 0 Å². The van der Waals surface area contributed by atoms with Gasteiger partial charge in [-0.2, -0.15) is 11.8 Å². The first-order valence-corrected chi connectivity index (χ1v) is 4.59. The monoisotopic (exact) mass is 160 g/mol. The van der Waals surface area contributed by atoms with Crippen molar-refractivity contribution in [1.29, 1.82) is 0 Å². The Morgan fingerprint density at radius 3 is 3.10 bits per heavy atom. The molecular formula is C6H12N2OS. The maximum atomic E-state index is 10.9. The first kappa shape index (κ1) is 7.88. The van der Waals surface area contributed by atoms with Crippen LogP contribution >= 0.6 is 11.8 Å². The minimum atomic E-state index is 0.0462. The van der Waals surface area contributed by atoms with Gasteiger partial charge >= 0.3 is 0 Å². The molecule has 1 aliphatic heterocycles. The predicted octanol–water partition coefficient (Wildman–Crippen LogP) is -0.215. The van der Waals surface area contributed by atoms with Crippen LogP contribution in [0.25, 0.3) is 0 Å². The van der Waals surface area contributed by atoms with Gasteiger partial charge in [0.2, 0.25) is 5.91 Å². The Morgan fingerprint density at radius 2 is 2.60 bits per heavy atom. The predicted molar refractivity (Wildman–Crippen MR) is 42.9 cm³/mol. The molecule has 0 aliphatic carbocycles. The van der Waals surface area contributed by atoms with Crippen molar-refractivity contribution in [2.45, 2.75) is 13.0 Å². The summed E-state index contributed by atoms with van der Waals surface area (Å²) in [6.45, 7) is 2.73. The molecule has 1 atom stereocenters. The molecular weight excluding hydrogens is 148 g/mol. The SMILES string of the molecule is CCSC[C@@H]1NCNC1=O. The van der Waals surface area contributed by atoms with Crippen LogP contribution < -0.4 is 10.6 Å². The molecule has 0 spiro atoms. The van der Waals surface area contributed by atoms with Gasteiger partial charge in [0.25, 0.3) is 0 Å². The largest absolute Gasteiger partial charge is 0.342 e. The summed E-state index contributed by atoms with van der Waals surface area (Å²) < 4.78 is 0. The van der Waals surface area contributed by atoms with Crippen molar-refractivity contribution in [3.05, 3.63) is 0 Å². The van der Waals surface area contributed by atoms with E-state index >= 15 is 0 Å². The Kier molecular flexibility index (Phi) is 3.02. The van der Waals surface area contributed by atoms with Gasteiger partial charge in [-0.25, -0.2) is 0 Å². The Bertz CT molecular complexity index is 129. The van der Waals surface area contributed by atoms with Crippen LogP contribution in [0.5, 0.6) is 0 Å². The fraction of sp³-hybridized carbons (Fsp3) is 0.833. The number of thioether (sulfide) groups is 1. The molecule has 58 valence electrons. The third kappa shape index (κ3) is 1.88. The lowest BCUT2D eigenvalue weighted by Gasteiger charge is -2.03. The second-order valence-corrected chi connectivity index (χ2v) is 3.45. The third-order valence-electron chi connectivity index (χ3n) is 1.42. The van der Waals surface area contributed by atoms with E-state index < -0.39 is 0 Å². The molecule has 1 fully saturated rings. The van der Waals surface area contributed by atoms with Gasteiger partial charge in [0.1, 0.15) is 0 Å². The highest BCUT2D eigenvalue weighted by Gasteiger charge is 2.21. The number of amides is 1. The summed E-state index contributed by atoms with van der Waals surface area (Å²) in [6, 6.07) is 0.0462. The third-order valence-corrected chi connectivity index (χ3v) is 2.39. The number of carbonyl (C=O) groups is 1. The molecule has 0 bridgehead atoms. The average molecular weight is 160 g/mol. The van der Waals surface area contributed by atoms with Gasteiger partial charge in [-0.1, -0.05) is 6.92 Å². The fourth-order valence-electron chi connectivity index (χ4n) is 0.848. The lowest BCUT2D eigenvalue weighted by molar-refractivity contribution is -0.120. The lowest BCUT2D eigenvalue weighted by atomic mass is 10.3. The van der Waals surface area contributed by atoms with Gasteiger partial charge in [0, 0.05) is 5.75 Å². The van der Waals surface area contributed by atoms with Gasteiger partial charge in [-0.15, -0.1) is 0 Å². The van der Waals surface area contributed by atoms with E-state index in [2.05, 4.69) is 17.6 Å². The normalized spacial score (nSPS) is 24.9. The molecule has 0 aromatic rings. The van der Waals surface area contributed by atoms with Crippen molar-refractivity contribution in [3.8, 4) is 0 Å². The summed E-state index contributed by atoms with van der Waals surface area (Å²) >= 11 is 1.79. The fourth-order valence-corrected chi connectivity index (χ4v) is 1.59. The highest BCUT2D eigenvalue weighted by atomic mass is 32.2. The van der Waals surface area contributed by atoms with Crippen LogP contribution in [0.15, 0.2) is 0 Å². The lowest BCUT2D eigenvalue weighted by Crippen LogP contribution is -2.30. The van der Waals surface area contributed by atoms with Crippen molar-refractivity contribution < 1.29 is 4.79 Å². The minimum absolute atomic E-state index is 0.0462. The highest BCUT2D eigenvalue weighted by molar-refractivity contribution is 7.99. The van der Waals surface area contributed by atoms with E-state index in [-0.39, 0.29) is 11.9 Å². The molecule has 1 aliphatic rings. The van der Waals surface area contributed by atoms with Gasteiger partial charge < -0.3 is 5.32 Å². The zero-order chi connectivity index (χ0) is 7.40. The molecule has 0 saturated carbocycles. The van der Waals surface area contributed by atoms with Gasteiger partial charge in [-0.05, 0) is 5.75 Å². The van der Waals surface area contributed by atoms with Crippen LogP contribution in [0.4, 0.5) is 0 Å². The number of rotatable bonds is 3. The van der Waals surface area contributed by atoms with Crippen LogP contribution in [-0.2, 0) is 4.79 Å². The Morgan fingerprint density at radius 1 is 1.80 bits per heavy atom. The first-order chi connectivity index (χ1) is 4.84. The minimum Gasteiger partial charge on any atom is -0.342 e. The van der Waals surface area contributed by atoms with E-state index in [1.54, 1.807) is 11.8 Å². The van der Waals surface area contributed by atoms with E-state index in [4.69, 9.17) is 0 Å². The second-order valence-electron chi connectivity index (χ2n) is 2.13. The molecule has 0 unspecified atom stereocenters. The van der Waals surface area contributed by atoms with Gasteiger partial charge in [0.05, 0.1) is 12.7 Å². The van der Waals surface area contributed by atoms with E-state index in [0.717, 1.165) is 11.5 Å². The second kappa shape index (κ2) is 3.83. The molecule has 0 aromatic heterocycles. The van der Waals surface area contributed by atoms with Crippen LogP contribution in [-0.4, -0.2) is 30.1 Å². The molecule has 2 N–H and O–H groups in total. The topological polar surface area (TPSA) is 41.1 Å². The molecule has 1 heterocycles. The summed E-state index contributed by atoms with van der Waals surface area (Å²) in [5, 5.41) is 5.77. The summed E-state index contributed by atoms with van der Waals surface area (Å²) in [6.07, 6.45) is 0. The molecule has 4 heteroatoms. The number of carbonyl (C=O) groups excluding carboxylic acids is 1. The maximum absolute atomic E-state index is 10.9. The van der Waals surface area contributed by atoms with Crippen LogP contribution in [0, 0.1) is 0 Å².